The lowest BCUT2D eigenvalue weighted by Crippen LogP contribution is -2.36. The highest BCUT2D eigenvalue weighted by molar-refractivity contribution is 6.33. The van der Waals surface area contributed by atoms with Gasteiger partial charge in [0.1, 0.15) is 11.0 Å². The van der Waals surface area contributed by atoms with Gasteiger partial charge in [0.05, 0.1) is 18.1 Å². The molecule has 2 aromatic heterocycles. The van der Waals surface area contributed by atoms with E-state index in [0.29, 0.717) is 17.7 Å². The fourth-order valence-corrected chi connectivity index (χ4v) is 3.21. The summed E-state index contributed by atoms with van der Waals surface area (Å²) in [7, 11) is 6.17. The number of likely N-dealkylation sites (tertiary alicyclic amines) is 1. The molecule has 6 nitrogen and oxygen atoms in total. The number of hydrogen-bond acceptors (Lipinski definition) is 5. The summed E-state index contributed by atoms with van der Waals surface area (Å²) >= 11 is 6.22. The number of aromatic nitrogens is 4. The topological polar surface area (TPSA) is 50.1 Å². The zero-order chi connectivity index (χ0) is 15.0. The van der Waals surface area contributed by atoms with Crippen molar-refractivity contribution in [3.8, 4) is 0 Å². The third-order valence-electron chi connectivity index (χ3n) is 4.20. The Bertz CT molecular complexity index is 640. The van der Waals surface area contributed by atoms with Crippen LogP contribution in [-0.4, -0.2) is 62.8 Å². The number of aryl methyl sites for hydroxylation is 1. The van der Waals surface area contributed by atoms with Gasteiger partial charge in [-0.2, -0.15) is 5.10 Å². The van der Waals surface area contributed by atoms with Crippen molar-refractivity contribution in [1.29, 1.82) is 0 Å². The summed E-state index contributed by atoms with van der Waals surface area (Å²) in [5.41, 5.74) is 0.788. The van der Waals surface area contributed by atoms with Gasteiger partial charge in [-0.1, -0.05) is 11.6 Å². The Morgan fingerprint density at radius 1 is 1.38 bits per heavy atom. The molecule has 0 saturated carbocycles. The van der Waals surface area contributed by atoms with Gasteiger partial charge in [0.15, 0.2) is 5.65 Å². The Labute approximate surface area is 129 Å². The Morgan fingerprint density at radius 3 is 2.90 bits per heavy atom. The Morgan fingerprint density at radius 2 is 2.19 bits per heavy atom. The normalized spacial score (nSPS) is 20.0. The summed E-state index contributed by atoms with van der Waals surface area (Å²) in [6, 6.07) is 0.630. The van der Waals surface area contributed by atoms with Crippen LogP contribution >= 0.6 is 11.6 Å². The molecule has 21 heavy (non-hydrogen) atoms. The van der Waals surface area contributed by atoms with Crippen molar-refractivity contribution >= 4 is 22.6 Å². The van der Waals surface area contributed by atoms with Gasteiger partial charge >= 0.3 is 0 Å². The van der Waals surface area contributed by atoms with E-state index in [9.17, 15) is 0 Å². The lowest BCUT2D eigenvalue weighted by atomic mass is 10.2. The van der Waals surface area contributed by atoms with Crippen LogP contribution in [0.5, 0.6) is 0 Å². The van der Waals surface area contributed by atoms with Gasteiger partial charge in [-0.15, -0.1) is 0 Å². The molecule has 1 unspecified atom stereocenters. The highest BCUT2D eigenvalue weighted by Gasteiger charge is 2.22. The van der Waals surface area contributed by atoms with Crippen LogP contribution in [0.15, 0.2) is 6.20 Å². The first-order valence-corrected chi connectivity index (χ1v) is 7.65. The second-order valence-electron chi connectivity index (χ2n) is 5.91. The fraction of sp³-hybridized carbons (Fsp3) is 0.643. The van der Waals surface area contributed by atoms with E-state index in [1.165, 1.54) is 19.4 Å². The number of halogens is 1. The largest absolute Gasteiger partial charge is 0.302 e. The van der Waals surface area contributed by atoms with Crippen molar-refractivity contribution in [1.82, 2.24) is 29.5 Å². The summed E-state index contributed by atoms with van der Waals surface area (Å²) < 4.78 is 1.73. The Hall–Kier alpha value is -1.24. The molecule has 0 bridgehead atoms. The smallest absolute Gasteiger partial charge is 0.162 e. The molecule has 3 rings (SSSR count). The number of hydrogen-bond donors (Lipinski definition) is 0. The molecule has 7 heteroatoms. The van der Waals surface area contributed by atoms with Gasteiger partial charge in [-0.3, -0.25) is 9.58 Å². The molecule has 0 aliphatic carbocycles. The van der Waals surface area contributed by atoms with E-state index in [0.717, 1.165) is 23.4 Å². The maximum absolute atomic E-state index is 6.22. The zero-order valence-electron chi connectivity index (χ0n) is 12.8. The second kappa shape index (κ2) is 5.87. The highest BCUT2D eigenvalue weighted by atomic mass is 35.5. The number of nitrogens with zero attached hydrogens (tertiary/aromatic N) is 6. The first-order valence-electron chi connectivity index (χ1n) is 7.27. The molecule has 1 fully saturated rings. The van der Waals surface area contributed by atoms with E-state index >= 15 is 0 Å². The van der Waals surface area contributed by atoms with Gasteiger partial charge in [0.25, 0.3) is 0 Å². The molecule has 0 spiro atoms. The summed E-state index contributed by atoms with van der Waals surface area (Å²) in [4.78, 5) is 13.7. The maximum Gasteiger partial charge on any atom is 0.162 e. The molecule has 1 atom stereocenters. The number of rotatable bonds is 4. The van der Waals surface area contributed by atoms with E-state index in [4.69, 9.17) is 11.6 Å². The standard InChI is InChI=1S/C14H21ClN6/c1-19(8-10-5-4-6-20(10)2)9-12-17-13(15)11-7-16-21(3)14(11)18-12/h7,10H,4-6,8-9H2,1-3H3. The van der Waals surface area contributed by atoms with Crippen LogP contribution in [0, 0.1) is 0 Å². The average Bonchev–Trinajstić information content (AvgIpc) is 2.98. The minimum atomic E-state index is 0.481. The third-order valence-corrected chi connectivity index (χ3v) is 4.49. The van der Waals surface area contributed by atoms with Gasteiger partial charge in [-0.05, 0) is 33.5 Å². The van der Waals surface area contributed by atoms with Crippen LogP contribution in [0.1, 0.15) is 18.7 Å². The van der Waals surface area contributed by atoms with Crippen LogP contribution in [0.25, 0.3) is 11.0 Å². The average molecular weight is 309 g/mol. The molecular weight excluding hydrogens is 288 g/mol. The van der Waals surface area contributed by atoms with E-state index < -0.39 is 0 Å². The molecule has 114 valence electrons. The minimum absolute atomic E-state index is 0.481. The zero-order valence-corrected chi connectivity index (χ0v) is 13.5. The summed E-state index contributed by atoms with van der Waals surface area (Å²) in [5, 5.41) is 5.47. The molecule has 1 aliphatic rings. The van der Waals surface area contributed by atoms with Crippen LogP contribution < -0.4 is 0 Å². The first-order chi connectivity index (χ1) is 10.0. The predicted molar refractivity (Wildman–Crippen MR) is 83.3 cm³/mol. The fourth-order valence-electron chi connectivity index (χ4n) is 2.98. The van der Waals surface area contributed by atoms with Gasteiger partial charge in [0, 0.05) is 19.6 Å². The van der Waals surface area contributed by atoms with Crippen LogP contribution in [0.2, 0.25) is 5.15 Å². The summed E-state index contributed by atoms with van der Waals surface area (Å²) in [5.74, 6) is 0.749. The van der Waals surface area contributed by atoms with Gasteiger partial charge in [0.2, 0.25) is 0 Å². The Kier molecular flexibility index (Phi) is 4.10. The predicted octanol–water partition coefficient (Wildman–Crippen LogP) is 1.54. The van der Waals surface area contributed by atoms with Crippen molar-refractivity contribution in [3.05, 3.63) is 17.2 Å². The minimum Gasteiger partial charge on any atom is -0.302 e. The SMILES string of the molecule is CN(Cc1nc(Cl)c2cnn(C)c2n1)CC1CCCN1C. The van der Waals surface area contributed by atoms with Crippen molar-refractivity contribution in [3.63, 3.8) is 0 Å². The van der Waals surface area contributed by atoms with E-state index in [-0.39, 0.29) is 0 Å². The van der Waals surface area contributed by atoms with E-state index in [1.54, 1.807) is 10.9 Å². The van der Waals surface area contributed by atoms with Crippen LogP contribution in [-0.2, 0) is 13.6 Å². The van der Waals surface area contributed by atoms with Crippen LogP contribution in [0.4, 0.5) is 0 Å². The van der Waals surface area contributed by atoms with E-state index in [1.807, 2.05) is 7.05 Å². The van der Waals surface area contributed by atoms with Crippen molar-refractivity contribution in [2.24, 2.45) is 7.05 Å². The number of fused-ring (bicyclic) bond motifs is 1. The number of likely N-dealkylation sites (N-methyl/N-ethyl adjacent to an activating group) is 2. The molecule has 3 heterocycles. The quantitative estimate of drug-likeness (QED) is 0.802. The highest BCUT2D eigenvalue weighted by Crippen LogP contribution is 2.20. The monoisotopic (exact) mass is 308 g/mol. The molecule has 0 radical (unpaired) electrons. The van der Waals surface area contributed by atoms with Crippen molar-refractivity contribution in [2.45, 2.75) is 25.4 Å². The van der Waals surface area contributed by atoms with E-state index in [2.05, 4.69) is 39.0 Å². The molecule has 0 aromatic carbocycles. The molecule has 2 aromatic rings. The lowest BCUT2D eigenvalue weighted by molar-refractivity contribution is 0.212. The Balaban J connectivity index is 1.73. The van der Waals surface area contributed by atoms with Gasteiger partial charge in [-0.25, -0.2) is 9.97 Å². The molecule has 0 amide bonds. The summed E-state index contributed by atoms with van der Waals surface area (Å²) in [6.07, 6.45) is 4.26. The van der Waals surface area contributed by atoms with Gasteiger partial charge < -0.3 is 4.90 Å². The molecular formula is C14H21ClN6. The maximum atomic E-state index is 6.22. The summed E-state index contributed by atoms with van der Waals surface area (Å²) in [6.45, 7) is 2.92. The lowest BCUT2D eigenvalue weighted by Gasteiger charge is -2.25. The van der Waals surface area contributed by atoms with Crippen molar-refractivity contribution in [2.75, 3.05) is 27.2 Å². The molecule has 0 N–H and O–H groups in total. The molecule has 1 aliphatic heterocycles. The first kappa shape index (κ1) is 14.7. The second-order valence-corrected chi connectivity index (χ2v) is 6.27. The van der Waals surface area contributed by atoms with Crippen LogP contribution in [0.3, 0.4) is 0 Å². The third kappa shape index (κ3) is 3.02. The van der Waals surface area contributed by atoms with Crippen molar-refractivity contribution < 1.29 is 0 Å². The molecule has 1 saturated heterocycles.